The molecule has 1 N–H and O–H groups in total. The molecule has 0 rings (SSSR count). The highest BCUT2D eigenvalue weighted by Crippen LogP contribution is 2.20. The van der Waals surface area contributed by atoms with Crippen molar-refractivity contribution in [3.63, 3.8) is 0 Å². The van der Waals surface area contributed by atoms with E-state index in [-0.39, 0.29) is 0 Å². The predicted octanol–water partition coefficient (Wildman–Crippen LogP) is 0.389. The molecule has 0 aromatic rings. The van der Waals surface area contributed by atoms with Crippen LogP contribution in [0.4, 0.5) is 13.2 Å². The first-order valence-corrected chi connectivity index (χ1v) is 5.68. The molecule has 0 aliphatic rings. The average Bonchev–Trinajstić information content (AvgIpc) is 1.55. The fourth-order valence-corrected chi connectivity index (χ4v) is 0. The van der Waals surface area contributed by atoms with Crippen molar-refractivity contribution in [3.8, 4) is 0 Å². The van der Waals surface area contributed by atoms with Crippen LogP contribution >= 0.6 is 0 Å². The summed E-state index contributed by atoms with van der Waals surface area (Å²) in [4.78, 5) is 0. The molecule has 0 unspecified atom stereocenters. The van der Waals surface area contributed by atoms with Crippen LogP contribution in [-0.2, 0) is 21.3 Å². The van der Waals surface area contributed by atoms with E-state index in [1.54, 1.807) is 12.5 Å². The molecule has 0 radical (unpaired) electrons. The topological polar surface area (TPSA) is 77.4 Å². The first-order chi connectivity index (χ1) is 4.98. The van der Waals surface area contributed by atoms with Gasteiger partial charge in [0.1, 0.15) is 0 Å². The smallest absolute Gasteiger partial charge is 0.522 e. The summed E-state index contributed by atoms with van der Waals surface area (Å²) in [5, 5.41) is 0. The Balaban J connectivity index is 0. The summed E-state index contributed by atoms with van der Waals surface area (Å²) in [6.07, 6.45) is 3.28. The van der Waals surface area contributed by atoms with Crippen LogP contribution in [0.25, 0.3) is 0 Å². The second-order valence-corrected chi connectivity index (χ2v) is 4.56. The molecule has 0 fully saturated rings. The third kappa shape index (κ3) is 10.0. The number of alkyl halides is 3. The summed E-state index contributed by atoms with van der Waals surface area (Å²) in [5.41, 5.74) is -5.53. The zero-order valence-corrected chi connectivity index (χ0v) is 7.76. The van der Waals surface area contributed by atoms with Crippen molar-refractivity contribution in [2.24, 2.45) is 0 Å². The summed E-state index contributed by atoms with van der Waals surface area (Å²) in [6.45, 7) is 0. The van der Waals surface area contributed by atoms with E-state index in [2.05, 4.69) is 0 Å². The largest absolute Gasteiger partial charge is 0.617 e. The van der Waals surface area contributed by atoms with Gasteiger partial charge < -0.3 is 4.55 Å². The van der Waals surface area contributed by atoms with E-state index in [4.69, 9.17) is 13.0 Å². The first-order valence-electron chi connectivity index (χ1n) is 2.27. The van der Waals surface area contributed by atoms with Crippen LogP contribution in [-0.4, -0.2) is 35.5 Å². The van der Waals surface area contributed by atoms with E-state index < -0.39 is 26.8 Å². The van der Waals surface area contributed by atoms with Gasteiger partial charge in [0, 0.05) is 0 Å². The minimum absolute atomic E-state index is 0.611. The van der Waals surface area contributed by atoms with Gasteiger partial charge >= 0.3 is 15.6 Å². The van der Waals surface area contributed by atoms with Gasteiger partial charge in [-0.05, 0) is 0 Å². The van der Waals surface area contributed by atoms with Gasteiger partial charge in [0.05, 0.1) is 12.5 Å². The lowest BCUT2D eigenvalue weighted by Crippen LogP contribution is -2.21. The van der Waals surface area contributed by atoms with E-state index in [1.165, 1.54) is 0 Å². The molecule has 0 spiro atoms. The molecule has 0 bridgehead atoms. The van der Waals surface area contributed by atoms with Crippen LogP contribution in [0.3, 0.4) is 0 Å². The molecular weight excluding hydrogens is 221 g/mol. The fraction of sp³-hybridized carbons (Fsp3) is 1.00. The maximum absolute atomic E-state index is 10.7. The number of hydrogen-bond donors (Lipinski definition) is 1. The third-order valence-corrected chi connectivity index (χ3v) is 0.877. The van der Waals surface area contributed by atoms with Crippen molar-refractivity contribution in [1.82, 2.24) is 0 Å². The Labute approximate surface area is 70.7 Å². The van der Waals surface area contributed by atoms with Crippen LogP contribution in [0.1, 0.15) is 0 Å². The molecule has 0 aromatic heterocycles. The molecule has 0 atom stereocenters. The Morgan fingerprint density at radius 2 is 1.42 bits per heavy atom. The maximum atomic E-state index is 10.7. The summed E-state index contributed by atoms with van der Waals surface area (Å²) < 4.78 is 67.1. The normalized spacial score (nSPS) is 12.3. The fourth-order valence-electron chi connectivity index (χ4n) is 0. The summed E-state index contributed by atoms with van der Waals surface area (Å²) >= 11 is -0.611. The Kier molecular flexibility index (Phi) is 5.93. The van der Waals surface area contributed by atoms with E-state index >= 15 is 0 Å². The van der Waals surface area contributed by atoms with E-state index in [1.807, 2.05) is 0 Å². The number of rotatable bonds is 0. The average molecular weight is 228 g/mol. The van der Waals surface area contributed by atoms with Crippen molar-refractivity contribution in [2.75, 3.05) is 12.5 Å². The van der Waals surface area contributed by atoms with Gasteiger partial charge in [-0.3, -0.25) is 4.55 Å². The molecule has 0 amide bonds. The first kappa shape index (κ1) is 14.5. The molecule has 4 nitrogen and oxygen atoms in total. The molecule has 12 heavy (non-hydrogen) atoms. The van der Waals surface area contributed by atoms with E-state index in [9.17, 15) is 17.7 Å². The Morgan fingerprint density at radius 1 is 1.33 bits per heavy atom. The maximum Gasteiger partial charge on any atom is 0.522 e. The van der Waals surface area contributed by atoms with Gasteiger partial charge in [0.2, 0.25) is 0 Å². The van der Waals surface area contributed by atoms with Crippen molar-refractivity contribution < 1.29 is 30.7 Å². The minimum atomic E-state index is -5.84. The lowest BCUT2D eigenvalue weighted by molar-refractivity contribution is -0.0510. The monoisotopic (exact) mass is 228 g/mol. The Bertz CT molecular complexity index is 203. The Morgan fingerprint density at radius 3 is 1.42 bits per heavy atom. The second kappa shape index (κ2) is 4.90. The highest BCUT2D eigenvalue weighted by atomic mass is 32.2. The molecule has 0 aromatic carbocycles. The summed E-state index contributed by atoms with van der Waals surface area (Å²) in [6, 6.07) is 0. The quantitative estimate of drug-likeness (QED) is 0.369. The van der Waals surface area contributed by atoms with Gasteiger partial charge in [-0.15, -0.1) is 0 Å². The molecule has 0 saturated carbocycles. The summed E-state index contributed by atoms with van der Waals surface area (Å²) in [5.74, 6) is 0. The standard InChI is InChI=1S/C2H6OS.CHF3O3S/c1-4(2)3;2-1(3,4)8(5,6)7/h1-2H3;(H,5,6,7). The van der Waals surface area contributed by atoms with Gasteiger partial charge in [0.15, 0.2) is 0 Å². The summed E-state index contributed by atoms with van der Waals surface area (Å²) in [7, 11) is -5.84. The molecule has 0 aliphatic carbocycles. The van der Waals surface area contributed by atoms with E-state index in [0.29, 0.717) is 0 Å². The zero-order chi connectivity index (χ0) is 10.6. The van der Waals surface area contributed by atoms with Crippen LogP contribution in [0, 0.1) is 0 Å². The van der Waals surface area contributed by atoms with Crippen LogP contribution in [0.5, 0.6) is 0 Å². The minimum Gasteiger partial charge on any atom is -0.617 e. The SMILES string of the molecule is C[S+](C)[O-].O=S(=O)(O)C(F)(F)F. The van der Waals surface area contributed by atoms with Crippen LogP contribution in [0.2, 0.25) is 0 Å². The lowest BCUT2D eigenvalue weighted by Gasteiger charge is -1.97. The van der Waals surface area contributed by atoms with Gasteiger partial charge in [-0.2, -0.15) is 21.6 Å². The lowest BCUT2D eigenvalue weighted by atomic mass is 11.6. The van der Waals surface area contributed by atoms with Gasteiger partial charge in [0.25, 0.3) is 0 Å². The van der Waals surface area contributed by atoms with Gasteiger partial charge in [-0.1, -0.05) is 11.2 Å². The zero-order valence-electron chi connectivity index (χ0n) is 6.12. The molecule has 0 heterocycles. The van der Waals surface area contributed by atoms with Crippen molar-refractivity contribution in [3.05, 3.63) is 0 Å². The number of halogens is 3. The molecule has 0 saturated heterocycles. The van der Waals surface area contributed by atoms with Crippen molar-refractivity contribution >= 4 is 21.3 Å². The highest BCUT2D eigenvalue weighted by molar-refractivity contribution is 7.89. The van der Waals surface area contributed by atoms with Crippen LogP contribution in [0.15, 0.2) is 0 Å². The van der Waals surface area contributed by atoms with Crippen LogP contribution < -0.4 is 0 Å². The number of hydrogen-bond acceptors (Lipinski definition) is 3. The Hall–Kier alpha value is 0.01000. The van der Waals surface area contributed by atoms with E-state index in [0.717, 1.165) is 0 Å². The molecule has 0 aliphatic heterocycles. The molecule has 76 valence electrons. The third-order valence-electron chi connectivity index (χ3n) is 0.292. The highest BCUT2D eigenvalue weighted by Gasteiger charge is 2.44. The molecular formula is C3H7F3O4S2. The predicted molar refractivity (Wildman–Crippen MR) is 37.6 cm³/mol. The van der Waals surface area contributed by atoms with Gasteiger partial charge in [-0.25, -0.2) is 0 Å². The second-order valence-electron chi connectivity index (χ2n) is 1.66. The molecule has 9 heteroatoms. The van der Waals surface area contributed by atoms with Crippen molar-refractivity contribution in [2.45, 2.75) is 5.51 Å². The van der Waals surface area contributed by atoms with Crippen molar-refractivity contribution in [1.29, 1.82) is 0 Å².